The van der Waals surface area contributed by atoms with Crippen molar-refractivity contribution in [2.75, 3.05) is 0 Å². The van der Waals surface area contributed by atoms with Crippen LogP contribution in [0, 0.1) is 0 Å². The van der Waals surface area contributed by atoms with E-state index in [9.17, 15) is 5.11 Å². The van der Waals surface area contributed by atoms with Crippen LogP contribution in [0.5, 0.6) is 5.75 Å². The molecule has 0 amide bonds. The summed E-state index contributed by atoms with van der Waals surface area (Å²) in [5.74, 6) is -0.0879. The van der Waals surface area contributed by atoms with Gasteiger partial charge in [-0.1, -0.05) is 23.2 Å². The third-order valence-electron chi connectivity index (χ3n) is 1.56. The van der Waals surface area contributed by atoms with Crippen molar-refractivity contribution in [3.63, 3.8) is 0 Å². The Bertz CT molecular complexity index is 338. The summed E-state index contributed by atoms with van der Waals surface area (Å²) in [7, 11) is 0. The molecule has 0 saturated heterocycles. The highest BCUT2D eigenvalue weighted by Gasteiger charge is 2.04. The highest BCUT2D eigenvalue weighted by Crippen LogP contribution is 2.32. The Morgan fingerprint density at radius 2 is 1.79 bits per heavy atom. The Morgan fingerprint density at radius 3 is 2.21 bits per heavy atom. The average Bonchev–Trinajstić information content (AvgIpc) is 2.10. The minimum absolute atomic E-state index is 0.0879. The van der Waals surface area contributed by atoms with Crippen LogP contribution in [0.1, 0.15) is 19.4 Å². The van der Waals surface area contributed by atoms with Gasteiger partial charge < -0.3 is 5.11 Å². The van der Waals surface area contributed by atoms with Gasteiger partial charge in [0, 0.05) is 12.3 Å². The quantitative estimate of drug-likeness (QED) is 0.777. The molecule has 0 saturated carbocycles. The maximum atomic E-state index is 9.30. The number of phenols is 1. The molecule has 14 heavy (non-hydrogen) atoms. The molecule has 0 unspecified atom stereocenters. The predicted molar refractivity (Wildman–Crippen MR) is 60.9 cm³/mol. The van der Waals surface area contributed by atoms with Gasteiger partial charge in [-0.05, 0) is 31.5 Å². The molecule has 1 rings (SSSR count). The highest BCUT2D eigenvalue weighted by molar-refractivity contribution is 6.37. The van der Waals surface area contributed by atoms with Gasteiger partial charge in [-0.3, -0.25) is 4.99 Å². The second-order valence-corrected chi connectivity index (χ2v) is 4.02. The van der Waals surface area contributed by atoms with Crippen molar-refractivity contribution < 1.29 is 5.11 Å². The van der Waals surface area contributed by atoms with Gasteiger partial charge in [-0.15, -0.1) is 0 Å². The van der Waals surface area contributed by atoms with Gasteiger partial charge >= 0.3 is 0 Å². The van der Waals surface area contributed by atoms with E-state index < -0.39 is 0 Å². The zero-order valence-electron chi connectivity index (χ0n) is 7.96. The molecule has 0 fully saturated rings. The summed E-state index contributed by atoms with van der Waals surface area (Å²) in [6.07, 6.45) is 1.68. The number of aromatic hydroxyl groups is 1. The van der Waals surface area contributed by atoms with Crippen molar-refractivity contribution in [3.8, 4) is 5.75 Å². The van der Waals surface area contributed by atoms with Crippen molar-refractivity contribution in [1.82, 2.24) is 0 Å². The number of aliphatic imine (C=N–C) groups is 1. The molecule has 4 heteroatoms. The number of rotatable bonds is 2. The lowest BCUT2D eigenvalue weighted by atomic mass is 10.2. The largest absolute Gasteiger partial charge is 0.505 e. The molecule has 0 aliphatic carbocycles. The maximum absolute atomic E-state index is 9.30. The number of hydrogen-bond donors (Lipinski definition) is 1. The Balaban J connectivity index is 3.01. The summed E-state index contributed by atoms with van der Waals surface area (Å²) in [4.78, 5) is 4.18. The van der Waals surface area contributed by atoms with E-state index in [1.54, 1.807) is 18.3 Å². The Labute approximate surface area is 93.2 Å². The fourth-order valence-electron chi connectivity index (χ4n) is 0.895. The van der Waals surface area contributed by atoms with Crippen molar-refractivity contribution in [3.05, 3.63) is 27.7 Å². The van der Waals surface area contributed by atoms with Crippen molar-refractivity contribution in [2.24, 2.45) is 4.99 Å². The number of nitrogens with zero attached hydrogens (tertiary/aromatic N) is 1. The van der Waals surface area contributed by atoms with E-state index in [2.05, 4.69) is 4.99 Å². The molecule has 1 aromatic rings. The Kier molecular flexibility index (Phi) is 3.78. The van der Waals surface area contributed by atoms with Crippen LogP contribution in [0.3, 0.4) is 0 Å². The van der Waals surface area contributed by atoms with Gasteiger partial charge in [-0.2, -0.15) is 0 Å². The molecule has 76 valence electrons. The van der Waals surface area contributed by atoms with Crippen LogP contribution >= 0.6 is 23.2 Å². The summed E-state index contributed by atoms with van der Waals surface area (Å²) in [6.45, 7) is 3.94. The third kappa shape index (κ3) is 2.89. The van der Waals surface area contributed by atoms with E-state index in [1.165, 1.54) is 0 Å². The van der Waals surface area contributed by atoms with Gasteiger partial charge in [0.15, 0.2) is 5.75 Å². The van der Waals surface area contributed by atoms with Crippen LogP contribution in [0.15, 0.2) is 17.1 Å². The Morgan fingerprint density at radius 1 is 1.29 bits per heavy atom. The summed E-state index contributed by atoms with van der Waals surface area (Å²) >= 11 is 11.5. The van der Waals surface area contributed by atoms with E-state index in [-0.39, 0.29) is 21.8 Å². The number of benzene rings is 1. The number of hydrogen-bond acceptors (Lipinski definition) is 2. The van der Waals surface area contributed by atoms with Crippen LogP contribution in [-0.4, -0.2) is 17.4 Å². The van der Waals surface area contributed by atoms with Crippen molar-refractivity contribution in [2.45, 2.75) is 19.9 Å². The van der Waals surface area contributed by atoms with Crippen LogP contribution in [0.4, 0.5) is 0 Å². The predicted octanol–water partition coefficient (Wildman–Crippen LogP) is 3.53. The van der Waals surface area contributed by atoms with Gasteiger partial charge in [-0.25, -0.2) is 0 Å². The zero-order valence-corrected chi connectivity index (χ0v) is 9.47. The summed E-state index contributed by atoms with van der Waals surface area (Å²) in [5.41, 5.74) is 0.784. The molecule has 1 aromatic carbocycles. The molecular weight excluding hydrogens is 221 g/mol. The molecule has 0 aromatic heterocycles. The van der Waals surface area contributed by atoms with Crippen molar-refractivity contribution >= 4 is 29.4 Å². The van der Waals surface area contributed by atoms with E-state index in [0.29, 0.717) is 0 Å². The fraction of sp³-hybridized carbons (Fsp3) is 0.300. The summed E-state index contributed by atoms with van der Waals surface area (Å²) < 4.78 is 0. The lowest BCUT2D eigenvalue weighted by molar-refractivity contribution is 0.476. The molecule has 0 atom stereocenters. The maximum Gasteiger partial charge on any atom is 0.152 e. The lowest BCUT2D eigenvalue weighted by Gasteiger charge is -2.01. The summed E-state index contributed by atoms with van der Waals surface area (Å²) in [5, 5.41) is 9.78. The zero-order chi connectivity index (χ0) is 10.7. The monoisotopic (exact) mass is 231 g/mol. The van der Waals surface area contributed by atoms with Crippen molar-refractivity contribution in [1.29, 1.82) is 0 Å². The molecule has 2 nitrogen and oxygen atoms in total. The molecule has 1 N–H and O–H groups in total. The van der Waals surface area contributed by atoms with E-state index in [4.69, 9.17) is 23.2 Å². The van der Waals surface area contributed by atoms with E-state index >= 15 is 0 Å². The first-order valence-corrected chi connectivity index (χ1v) is 4.97. The van der Waals surface area contributed by atoms with Crippen LogP contribution in [-0.2, 0) is 0 Å². The highest BCUT2D eigenvalue weighted by atomic mass is 35.5. The second kappa shape index (κ2) is 4.67. The number of phenolic OH excluding ortho intramolecular Hbond substituents is 1. The number of halogens is 2. The molecule has 0 radical (unpaired) electrons. The molecule has 0 bridgehead atoms. The first kappa shape index (κ1) is 11.3. The van der Waals surface area contributed by atoms with Gasteiger partial charge in [0.1, 0.15) is 0 Å². The minimum atomic E-state index is -0.0879. The topological polar surface area (TPSA) is 32.6 Å². The van der Waals surface area contributed by atoms with Gasteiger partial charge in [0.25, 0.3) is 0 Å². The smallest absolute Gasteiger partial charge is 0.152 e. The molecular formula is C10H11Cl2NO. The summed E-state index contributed by atoms with van der Waals surface area (Å²) in [6, 6.07) is 3.46. The second-order valence-electron chi connectivity index (χ2n) is 3.21. The average molecular weight is 232 g/mol. The third-order valence-corrected chi connectivity index (χ3v) is 2.14. The van der Waals surface area contributed by atoms with E-state index in [0.717, 1.165) is 5.56 Å². The molecule has 0 spiro atoms. The van der Waals surface area contributed by atoms with Crippen LogP contribution in [0.25, 0.3) is 0 Å². The fourth-order valence-corrected chi connectivity index (χ4v) is 1.40. The molecule has 0 heterocycles. The Hall–Kier alpha value is -0.730. The first-order valence-electron chi connectivity index (χ1n) is 4.22. The van der Waals surface area contributed by atoms with E-state index in [1.807, 2.05) is 13.8 Å². The van der Waals surface area contributed by atoms with Crippen LogP contribution < -0.4 is 0 Å². The normalized spacial score (nSPS) is 11.5. The molecule has 0 aliphatic rings. The lowest BCUT2D eigenvalue weighted by Crippen LogP contribution is -1.90. The SMILES string of the molecule is CC(C)/N=C/c1cc(Cl)c(O)c(Cl)c1. The first-order chi connectivity index (χ1) is 6.50. The molecule has 0 aliphatic heterocycles. The van der Waals surface area contributed by atoms with Crippen LogP contribution in [0.2, 0.25) is 10.0 Å². The standard InChI is InChI=1S/C10H11Cl2NO/c1-6(2)13-5-7-3-8(11)10(14)9(12)4-7/h3-6,14H,1-2H3/b13-5+. The van der Waals surface area contributed by atoms with Gasteiger partial charge in [0.05, 0.1) is 10.0 Å². The van der Waals surface area contributed by atoms with Gasteiger partial charge in [0.2, 0.25) is 0 Å². The minimum Gasteiger partial charge on any atom is -0.505 e.